The molecular formula is H6CuN2O. The molecule has 0 aromatic carbocycles. The quantitative estimate of drug-likeness (QED) is 0.411. The SMILES string of the molecule is O.[Cu+2].[NH2-].[NH2-]. The summed E-state index contributed by atoms with van der Waals surface area (Å²) >= 11 is 0. The topological polar surface area (TPSA) is 98.5 Å². The minimum Gasteiger partial charge on any atom is -0.693 e. The Hall–Kier alpha value is 0.399. The molecule has 4 heteroatoms. The zero-order valence-electron chi connectivity index (χ0n) is 1.96. The molecule has 0 rings (SSSR count). The Kier molecular flexibility index (Phi) is 9770. The van der Waals surface area contributed by atoms with Crippen LogP contribution in [0.2, 0.25) is 0 Å². The minimum atomic E-state index is 0. The van der Waals surface area contributed by atoms with Gasteiger partial charge in [0.25, 0.3) is 0 Å². The molecule has 0 heterocycles. The average molecular weight is 114 g/mol. The van der Waals surface area contributed by atoms with Crippen molar-refractivity contribution in [2.45, 2.75) is 0 Å². The van der Waals surface area contributed by atoms with E-state index in [1.54, 1.807) is 0 Å². The third-order valence-corrected chi connectivity index (χ3v) is 0. The van der Waals surface area contributed by atoms with Crippen LogP contribution in [-0.2, 0) is 17.1 Å². The number of rotatable bonds is 0. The molecule has 0 saturated heterocycles. The van der Waals surface area contributed by atoms with Crippen LogP contribution in [0.15, 0.2) is 0 Å². The standard InChI is InChI=1S/Cu.2H2N.H2O/h;3*1H2/q+2;2*-1;. The molecule has 6 N–H and O–H groups in total. The zero-order chi connectivity index (χ0) is 0. The molecule has 4 heavy (non-hydrogen) atoms. The van der Waals surface area contributed by atoms with Gasteiger partial charge in [0.1, 0.15) is 0 Å². The molecule has 0 aliphatic heterocycles. The maximum atomic E-state index is 0. The molecule has 0 aromatic heterocycles. The van der Waals surface area contributed by atoms with Crippen LogP contribution in [0.5, 0.6) is 0 Å². The van der Waals surface area contributed by atoms with Crippen LogP contribution in [0, 0.1) is 0 Å². The van der Waals surface area contributed by atoms with Gasteiger partial charge in [0.15, 0.2) is 0 Å². The molecule has 1 radical (unpaired) electrons. The molecule has 33 valence electrons. The van der Waals surface area contributed by atoms with Crippen LogP contribution in [0.1, 0.15) is 0 Å². The van der Waals surface area contributed by atoms with E-state index in [4.69, 9.17) is 0 Å². The second-order valence-electron chi connectivity index (χ2n) is 0. The van der Waals surface area contributed by atoms with E-state index < -0.39 is 0 Å². The molecule has 0 atom stereocenters. The molecule has 3 nitrogen and oxygen atoms in total. The van der Waals surface area contributed by atoms with Gasteiger partial charge in [-0.2, -0.15) is 0 Å². The van der Waals surface area contributed by atoms with Gasteiger partial charge in [-0.1, -0.05) is 0 Å². The van der Waals surface area contributed by atoms with Crippen LogP contribution in [0.3, 0.4) is 0 Å². The third kappa shape index (κ3) is 29.4. The van der Waals surface area contributed by atoms with E-state index in [9.17, 15) is 0 Å². The van der Waals surface area contributed by atoms with E-state index >= 15 is 0 Å². The predicted molar refractivity (Wildman–Crippen MR) is 14.2 cm³/mol. The maximum absolute atomic E-state index is 0. The van der Waals surface area contributed by atoms with E-state index in [2.05, 4.69) is 0 Å². The van der Waals surface area contributed by atoms with Crippen molar-refractivity contribution < 1.29 is 22.5 Å². The molecule has 0 spiro atoms. The van der Waals surface area contributed by atoms with Crippen LogP contribution < -0.4 is 0 Å². The smallest absolute Gasteiger partial charge is 0.693 e. The first-order chi connectivity index (χ1) is 0. The second kappa shape index (κ2) is 123. The predicted octanol–water partition coefficient (Wildman–Crippen LogP) is 0.607. The summed E-state index contributed by atoms with van der Waals surface area (Å²) in [6.45, 7) is 0. The van der Waals surface area contributed by atoms with Gasteiger partial charge in [-0.15, -0.1) is 0 Å². The summed E-state index contributed by atoms with van der Waals surface area (Å²) in [4.78, 5) is 0. The number of hydrogen-bond acceptors (Lipinski definition) is 0. The zero-order valence-corrected chi connectivity index (χ0v) is 2.90. The van der Waals surface area contributed by atoms with Crippen molar-refractivity contribution in [3.8, 4) is 0 Å². The Balaban J connectivity index is 0. The molecule has 0 aromatic rings. The van der Waals surface area contributed by atoms with Crippen molar-refractivity contribution >= 4 is 0 Å². The van der Waals surface area contributed by atoms with E-state index in [1.807, 2.05) is 0 Å². The normalized spacial score (nSPS) is 0. The summed E-state index contributed by atoms with van der Waals surface area (Å²) in [7, 11) is 0. The number of hydrogen-bond donors (Lipinski definition) is 0. The molecule has 0 amide bonds. The molecule has 0 aliphatic rings. The van der Waals surface area contributed by atoms with E-state index in [1.165, 1.54) is 0 Å². The number of nitrogens with two attached hydrogens (primary N) is 2. The van der Waals surface area contributed by atoms with Crippen molar-refractivity contribution in [3.63, 3.8) is 0 Å². The third-order valence-electron chi connectivity index (χ3n) is 0. The Morgan fingerprint density at radius 2 is 0.750 bits per heavy atom. The van der Waals surface area contributed by atoms with Crippen molar-refractivity contribution in [3.05, 3.63) is 12.3 Å². The fourth-order valence-corrected chi connectivity index (χ4v) is 0. The Bertz CT molecular complexity index is 6.00. The molecule has 0 aliphatic carbocycles. The summed E-state index contributed by atoms with van der Waals surface area (Å²) in [5.74, 6) is 0. The first kappa shape index (κ1) is 319. The molecule has 0 saturated carbocycles. The Morgan fingerprint density at radius 1 is 0.750 bits per heavy atom. The van der Waals surface area contributed by atoms with E-state index in [-0.39, 0.29) is 34.8 Å². The summed E-state index contributed by atoms with van der Waals surface area (Å²) in [5.41, 5.74) is 0. The van der Waals surface area contributed by atoms with Crippen LogP contribution >= 0.6 is 0 Å². The van der Waals surface area contributed by atoms with Gasteiger partial charge in [-0.3, -0.25) is 0 Å². The average Bonchev–Trinajstić information content (AvgIpc) is 0. The van der Waals surface area contributed by atoms with Crippen molar-refractivity contribution in [1.82, 2.24) is 0 Å². The molecule has 0 unspecified atom stereocenters. The summed E-state index contributed by atoms with van der Waals surface area (Å²) in [5, 5.41) is 0. The van der Waals surface area contributed by atoms with Crippen LogP contribution in [0.25, 0.3) is 12.3 Å². The summed E-state index contributed by atoms with van der Waals surface area (Å²) in [6.07, 6.45) is 0. The van der Waals surface area contributed by atoms with Crippen molar-refractivity contribution in [2.24, 2.45) is 0 Å². The Morgan fingerprint density at radius 3 is 0.750 bits per heavy atom. The maximum Gasteiger partial charge on any atom is 2.00 e. The van der Waals surface area contributed by atoms with Gasteiger partial charge in [-0.05, 0) is 0 Å². The van der Waals surface area contributed by atoms with Gasteiger partial charge in [-0.25, -0.2) is 0 Å². The van der Waals surface area contributed by atoms with Gasteiger partial charge in [0.2, 0.25) is 0 Å². The van der Waals surface area contributed by atoms with Gasteiger partial charge >= 0.3 is 17.1 Å². The molecule has 0 fully saturated rings. The van der Waals surface area contributed by atoms with Crippen LogP contribution in [0.4, 0.5) is 0 Å². The van der Waals surface area contributed by atoms with Crippen LogP contribution in [-0.4, -0.2) is 5.48 Å². The largest absolute Gasteiger partial charge is 2.00 e. The first-order valence-corrected chi connectivity index (χ1v) is 0. The van der Waals surface area contributed by atoms with Crippen molar-refractivity contribution in [2.75, 3.05) is 0 Å². The Labute approximate surface area is 35.7 Å². The monoisotopic (exact) mass is 113 g/mol. The second-order valence-corrected chi connectivity index (χ2v) is 0. The fraction of sp³-hybridized carbons (Fsp3) is 0. The fourth-order valence-electron chi connectivity index (χ4n) is 0. The van der Waals surface area contributed by atoms with Gasteiger partial charge in [0.05, 0.1) is 0 Å². The summed E-state index contributed by atoms with van der Waals surface area (Å²) < 4.78 is 0. The van der Waals surface area contributed by atoms with Gasteiger partial charge in [0, 0.05) is 0 Å². The van der Waals surface area contributed by atoms with Crippen molar-refractivity contribution in [1.29, 1.82) is 0 Å². The van der Waals surface area contributed by atoms with E-state index in [0.29, 0.717) is 0 Å². The minimum absolute atomic E-state index is 0. The first-order valence-electron chi connectivity index (χ1n) is 0. The van der Waals surface area contributed by atoms with E-state index in [0.717, 1.165) is 0 Å². The van der Waals surface area contributed by atoms with Gasteiger partial charge < -0.3 is 17.8 Å². The summed E-state index contributed by atoms with van der Waals surface area (Å²) in [6, 6.07) is 0. The molecule has 0 bridgehead atoms. The molecular weight excluding hydrogens is 108 g/mol.